The Morgan fingerprint density at radius 1 is 1.62 bits per heavy atom. The molecule has 1 fully saturated rings. The molecule has 1 aromatic heterocycles. The van der Waals surface area contributed by atoms with Crippen LogP contribution in [0.3, 0.4) is 0 Å². The van der Waals surface area contributed by atoms with E-state index in [1.54, 1.807) is 0 Å². The second-order valence-corrected chi connectivity index (χ2v) is 5.64. The molecule has 1 aliphatic rings. The molecule has 2 heterocycles. The molecule has 1 N–H and O–H groups in total. The summed E-state index contributed by atoms with van der Waals surface area (Å²) >= 11 is 2.08. The summed E-state index contributed by atoms with van der Waals surface area (Å²) in [7, 11) is 1.97. The number of rotatable bonds is 5. The molecule has 90 valence electrons. The van der Waals surface area contributed by atoms with E-state index in [2.05, 4.69) is 28.4 Å². The van der Waals surface area contributed by atoms with Crippen molar-refractivity contribution in [2.75, 3.05) is 18.1 Å². The van der Waals surface area contributed by atoms with Crippen LogP contribution in [0.5, 0.6) is 0 Å². The van der Waals surface area contributed by atoms with Gasteiger partial charge in [-0.3, -0.25) is 4.68 Å². The average molecular weight is 239 g/mol. The second-order valence-electron chi connectivity index (χ2n) is 4.49. The first-order valence-corrected chi connectivity index (χ1v) is 7.29. The minimum absolute atomic E-state index is 0.757. The quantitative estimate of drug-likeness (QED) is 0.795. The van der Waals surface area contributed by atoms with Gasteiger partial charge in [0.25, 0.3) is 0 Å². The van der Waals surface area contributed by atoms with Crippen LogP contribution in [0.15, 0.2) is 12.4 Å². The lowest BCUT2D eigenvalue weighted by Gasteiger charge is -2.22. The van der Waals surface area contributed by atoms with Gasteiger partial charge in [0.1, 0.15) is 0 Å². The lowest BCUT2D eigenvalue weighted by Crippen LogP contribution is -2.34. The number of thioether (sulfide) groups is 1. The fourth-order valence-electron chi connectivity index (χ4n) is 2.10. The SMILES string of the molecule is Cn1cc(CCCNC2CCCSC2)cn1. The predicted octanol–water partition coefficient (Wildman–Crippen LogP) is 1.84. The highest BCUT2D eigenvalue weighted by molar-refractivity contribution is 7.99. The first kappa shape index (κ1) is 12.0. The normalized spacial score (nSPS) is 21.2. The second kappa shape index (κ2) is 6.30. The van der Waals surface area contributed by atoms with Crippen molar-refractivity contribution in [3.8, 4) is 0 Å². The summed E-state index contributed by atoms with van der Waals surface area (Å²) in [5.74, 6) is 2.65. The Hall–Kier alpha value is -0.480. The zero-order valence-corrected chi connectivity index (χ0v) is 10.8. The smallest absolute Gasteiger partial charge is 0.0521 e. The van der Waals surface area contributed by atoms with Gasteiger partial charge in [-0.1, -0.05) is 0 Å². The summed E-state index contributed by atoms with van der Waals surface area (Å²) in [5, 5.41) is 7.83. The summed E-state index contributed by atoms with van der Waals surface area (Å²) in [6.45, 7) is 1.14. The minimum atomic E-state index is 0.757. The van der Waals surface area contributed by atoms with Crippen molar-refractivity contribution >= 4 is 11.8 Å². The Morgan fingerprint density at radius 3 is 3.25 bits per heavy atom. The van der Waals surface area contributed by atoms with E-state index in [1.807, 2.05) is 17.9 Å². The molecule has 1 aromatic rings. The van der Waals surface area contributed by atoms with E-state index in [1.165, 1.54) is 36.3 Å². The van der Waals surface area contributed by atoms with Gasteiger partial charge in [-0.05, 0) is 43.5 Å². The van der Waals surface area contributed by atoms with Gasteiger partial charge in [0, 0.05) is 25.0 Å². The van der Waals surface area contributed by atoms with Crippen LogP contribution < -0.4 is 5.32 Å². The molecular formula is C12H21N3S. The molecule has 4 heteroatoms. The van der Waals surface area contributed by atoms with Gasteiger partial charge in [0.15, 0.2) is 0 Å². The molecule has 1 aliphatic heterocycles. The van der Waals surface area contributed by atoms with E-state index >= 15 is 0 Å². The first-order valence-electron chi connectivity index (χ1n) is 6.13. The number of nitrogens with zero attached hydrogens (tertiary/aromatic N) is 2. The van der Waals surface area contributed by atoms with Crippen molar-refractivity contribution in [2.45, 2.75) is 31.7 Å². The summed E-state index contributed by atoms with van der Waals surface area (Å²) in [6, 6.07) is 0.757. The Morgan fingerprint density at radius 2 is 2.56 bits per heavy atom. The van der Waals surface area contributed by atoms with Crippen LogP contribution in [0, 0.1) is 0 Å². The molecule has 1 saturated heterocycles. The number of hydrogen-bond donors (Lipinski definition) is 1. The van der Waals surface area contributed by atoms with Gasteiger partial charge in [-0.25, -0.2) is 0 Å². The van der Waals surface area contributed by atoms with Crippen LogP contribution in [-0.2, 0) is 13.5 Å². The molecule has 0 amide bonds. The number of aryl methyl sites for hydroxylation is 2. The molecule has 2 rings (SSSR count). The molecule has 0 bridgehead atoms. The Labute approximate surface area is 102 Å². The highest BCUT2D eigenvalue weighted by Crippen LogP contribution is 2.16. The lowest BCUT2D eigenvalue weighted by atomic mass is 10.1. The van der Waals surface area contributed by atoms with Crippen molar-refractivity contribution in [1.29, 1.82) is 0 Å². The molecule has 1 atom stereocenters. The van der Waals surface area contributed by atoms with Gasteiger partial charge in [0.05, 0.1) is 6.20 Å². The van der Waals surface area contributed by atoms with E-state index in [4.69, 9.17) is 0 Å². The fraction of sp³-hybridized carbons (Fsp3) is 0.750. The molecule has 1 unspecified atom stereocenters. The molecule has 3 nitrogen and oxygen atoms in total. The van der Waals surface area contributed by atoms with Gasteiger partial charge >= 0.3 is 0 Å². The van der Waals surface area contributed by atoms with Crippen LogP contribution in [0.4, 0.5) is 0 Å². The summed E-state index contributed by atoms with van der Waals surface area (Å²) in [5.41, 5.74) is 1.35. The largest absolute Gasteiger partial charge is 0.313 e. The summed E-state index contributed by atoms with van der Waals surface area (Å²) in [4.78, 5) is 0. The monoisotopic (exact) mass is 239 g/mol. The topological polar surface area (TPSA) is 29.9 Å². The highest BCUT2D eigenvalue weighted by Gasteiger charge is 2.12. The van der Waals surface area contributed by atoms with Gasteiger partial charge in [-0.2, -0.15) is 16.9 Å². The standard InChI is InChI=1S/C12H21N3S/c1-15-9-11(8-14-15)4-2-6-13-12-5-3-7-16-10-12/h8-9,12-13H,2-7,10H2,1H3. The van der Waals surface area contributed by atoms with E-state index in [-0.39, 0.29) is 0 Å². The maximum absolute atomic E-state index is 4.18. The molecule has 0 aliphatic carbocycles. The number of nitrogens with one attached hydrogen (secondary N) is 1. The van der Waals surface area contributed by atoms with Crippen molar-refractivity contribution in [1.82, 2.24) is 15.1 Å². The molecule has 0 radical (unpaired) electrons. The summed E-state index contributed by atoms with van der Waals surface area (Å²) in [6.07, 6.45) is 9.17. The maximum Gasteiger partial charge on any atom is 0.0521 e. The van der Waals surface area contributed by atoms with E-state index in [0.717, 1.165) is 19.0 Å². The number of hydrogen-bond acceptors (Lipinski definition) is 3. The third kappa shape index (κ3) is 3.83. The van der Waals surface area contributed by atoms with Gasteiger partial charge < -0.3 is 5.32 Å². The Bertz CT molecular complexity index is 305. The van der Waals surface area contributed by atoms with Crippen molar-refractivity contribution in [2.24, 2.45) is 7.05 Å². The van der Waals surface area contributed by atoms with Crippen LogP contribution in [0.2, 0.25) is 0 Å². The molecule has 0 aromatic carbocycles. The van der Waals surface area contributed by atoms with Gasteiger partial charge in [0.2, 0.25) is 0 Å². The van der Waals surface area contributed by atoms with Crippen LogP contribution in [0.25, 0.3) is 0 Å². The van der Waals surface area contributed by atoms with E-state index in [9.17, 15) is 0 Å². The van der Waals surface area contributed by atoms with Crippen molar-refractivity contribution < 1.29 is 0 Å². The van der Waals surface area contributed by atoms with Crippen LogP contribution in [0.1, 0.15) is 24.8 Å². The zero-order valence-electron chi connectivity index (χ0n) is 9.98. The molecule has 0 saturated carbocycles. The third-order valence-corrected chi connectivity index (χ3v) is 4.21. The van der Waals surface area contributed by atoms with Gasteiger partial charge in [-0.15, -0.1) is 0 Å². The first-order chi connectivity index (χ1) is 7.84. The highest BCUT2D eigenvalue weighted by atomic mass is 32.2. The average Bonchev–Trinajstić information content (AvgIpc) is 2.72. The minimum Gasteiger partial charge on any atom is -0.313 e. The van der Waals surface area contributed by atoms with Crippen molar-refractivity contribution in [3.63, 3.8) is 0 Å². The molecule has 0 spiro atoms. The third-order valence-electron chi connectivity index (χ3n) is 2.99. The number of aromatic nitrogens is 2. The Kier molecular flexibility index (Phi) is 4.72. The van der Waals surface area contributed by atoms with E-state index in [0.29, 0.717) is 0 Å². The molecule has 16 heavy (non-hydrogen) atoms. The maximum atomic E-state index is 4.18. The Balaban J connectivity index is 1.57. The molecular weight excluding hydrogens is 218 g/mol. The van der Waals surface area contributed by atoms with Crippen LogP contribution in [-0.4, -0.2) is 33.9 Å². The fourth-order valence-corrected chi connectivity index (χ4v) is 3.21. The van der Waals surface area contributed by atoms with E-state index < -0.39 is 0 Å². The zero-order chi connectivity index (χ0) is 11.2. The van der Waals surface area contributed by atoms with Crippen LogP contribution >= 0.6 is 11.8 Å². The lowest BCUT2D eigenvalue weighted by molar-refractivity contribution is 0.501. The predicted molar refractivity (Wildman–Crippen MR) is 69.9 cm³/mol. The van der Waals surface area contributed by atoms with Crippen molar-refractivity contribution in [3.05, 3.63) is 18.0 Å². The summed E-state index contributed by atoms with van der Waals surface area (Å²) < 4.78 is 1.88.